The predicted molar refractivity (Wildman–Crippen MR) is 75.5 cm³/mol. The molecule has 0 N–H and O–H groups in total. The van der Waals surface area contributed by atoms with Gasteiger partial charge in [0.1, 0.15) is 12.4 Å². The van der Waals surface area contributed by atoms with Crippen molar-refractivity contribution in [2.24, 2.45) is 12.0 Å². The summed E-state index contributed by atoms with van der Waals surface area (Å²) in [5.41, 5.74) is 0. The zero-order valence-electron chi connectivity index (χ0n) is 12.1. The van der Waals surface area contributed by atoms with E-state index in [9.17, 15) is 0 Å². The van der Waals surface area contributed by atoms with Crippen molar-refractivity contribution in [1.29, 1.82) is 5.26 Å². The lowest BCUT2D eigenvalue weighted by atomic mass is 10.2. The highest BCUT2D eigenvalue weighted by Crippen LogP contribution is 2.03. The lowest BCUT2D eigenvalue weighted by molar-refractivity contribution is -0.678. The molecule has 0 saturated heterocycles. The van der Waals surface area contributed by atoms with Crippen molar-refractivity contribution >= 4 is 6.01 Å². The second-order valence-electron chi connectivity index (χ2n) is 4.29. The predicted octanol–water partition coefficient (Wildman–Crippen LogP) is 2.67. The van der Waals surface area contributed by atoms with Gasteiger partial charge < -0.3 is 10.4 Å². The average molecular weight is 261 g/mol. The van der Waals surface area contributed by atoms with Gasteiger partial charge in [0.25, 0.3) is 5.82 Å². The van der Waals surface area contributed by atoms with Crippen molar-refractivity contribution in [2.75, 3.05) is 0 Å². The Hall–Kier alpha value is -1.92. The molecule has 0 fully saturated rings. The molecule has 1 aromatic heterocycles. The molecule has 0 spiro atoms. The zero-order chi connectivity index (χ0) is 14.5. The quantitative estimate of drug-likeness (QED) is 0.441. The van der Waals surface area contributed by atoms with Crippen molar-refractivity contribution < 1.29 is 4.57 Å². The van der Waals surface area contributed by atoms with Crippen LogP contribution in [0.15, 0.2) is 17.4 Å². The minimum atomic E-state index is 1.18. The SMILES string of the molecule is CCCCc1n(CCCC)cc[n+]1C.N#CN=C=[N-]. The fraction of sp³-hybridized carbons (Fsp3) is 0.643. The standard InChI is InChI=1S/C12H23N2.C2N3/c1-4-6-8-12-13(3)10-11-14(12)9-7-5-2;3-1-5-2-4/h10-11H,4-9H2,1-3H3;/q+1;-1. The lowest BCUT2D eigenvalue weighted by Gasteiger charge is -2.01. The molecule has 0 bridgehead atoms. The maximum atomic E-state index is 7.43. The fourth-order valence-electron chi connectivity index (χ4n) is 1.76. The van der Waals surface area contributed by atoms with E-state index in [2.05, 4.69) is 47.4 Å². The van der Waals surface area contributed by atoms with Crippen molar-refractivity contribution in [2.45, 2.75) is 52.5 Å². The number of nitriles is 1. The molecule has 5 nitrogen and oxygen atoms in total. The molecule has 0 aromatic carbocycles. The van der Waals surface area contributed by atoms with E-state index in [1.54, 1.807) is 0 Å². The molecule has 0 aliphatic rings. The van der Waals surface area contributed by atoms with Crippen LogP contribution in [-0.2, 0) is 20.0 Å². The number of nitrogens with zero attached hydrogens (tertiary/aromatic N) is 5. The number of aliphatic imine (C=N–C) groups is 1. The van der Waals surface area contributed by atoms with Gasteiger partial charge in [-0.25, -0.2) is 9.13 Å². The molecule has 1 aromatic rings. The highest BCUT2D eigenvalue weighted by molar-refractivity contribution is 5.46. The van der Waals surface area contributed by atoms with Gasteiger partial charge in [0.2, 0.25) is 0 Å². The van der Waals surface area contributed by atoms with Crippen LogP contribution in [0.25, 0.3) is 5.41 Å². The van der Waals surface area contributed by atoms with E-state index in [4.69, 9.17) is 10.7 Å². The second-order valence-corrected chi connectivity index (χ2v) is 4.29. The molecule has 1 rings (SSSR count). The first-order valence-electron chi connectivity index (χ1n) is 6.72. The Balaban J connectivity index is 0.000000555. The van der Waals surface area contributed by atoms with Gasteiger partial charge >= 0.3 is 0 Å². The van der Waals surface area contributed by atoms with Crippen LogP contribution < -0.4 is 4.57 Å². The molecule has 5 heteroatoms. The van der Waals surface area contributed by atoms with E-state index >= 15 is 0 Å². The van der Waals surface area contributed by atoms with Crippen LogP contribution in [0, 0.1) is 11.5 Å². The van der Waals surface area contributed by atoms with Gasteiger partial charge in [-0.1, -0.05) is 26.7 Å². The van der Waals surface area contributed by atoms with Crippen LogP contribution in [0.4, 0.5) is 0 Å². The van der Waals surface area contributed by atoms with Gasteiger partial charge in [-0.05, 0) is 12.8 Å². The number of imidazole rings is 1. The molecule has 0 unspecified atom stereocenters. The summed E-state index contributed by atoms with van der Waals surface area (Å²) >= 11 is 0. The normalized spacial score (nSPS) is 8.95. The molecule has 0 atom stereocenters. The summed E-state index contributed by atoms with van der Waals surface area (Å²) in [6.07, 6.45) is 12.0. The van der Waals surface area contributed by atoms with Crippen LogP contribution in [0.2, 0.25) is 0 Å². The lowest BCUT2D eigenvalue weighted by Crippen LogP contribution is -2.32. The Morgan fingerprint density at radius 1 is 1.37 bits per heavy atom. The third-order valence-electron chi connectivity index (χ3n) is 2.82. The number of aromatic nitrogens is 2. The van der Waals surface area contributed by atoms with Crippen LogP contribution in [0.3, 0.4) is 0 Å². The fourth-order valence-corrected chi connectivity index (χ4v) is 1.76. The van der Waals surface area contributed by atoms with Crippen molar-refractivity contribution in [3.8, 4) is 6.19 Å². The zero-order valence-corrected chi connectivity index (χ0v) is 12.1. The van der Waals surface area contributed by atoms with Gasteiger partial charge in [0.05, 0.1) is 19.8 Å². The number of hydrogen-bond donors (Lipinski definition) is 0. The van der Waals surface area contributed by atoms with Gasteiger partial charge in [0, 0.05) is 6.42 Å². The molecule has 104 valence electrons. The summed E-state index contributed by atoms with van der Waals surface area (Å²) in [4.78, 5) is 2.58. The highest BCUT2D eigenvalue weighted by atomic mass is 15.1. The molecular formula is C14H23N5. The van der Waals surface area contributed by atoms with Gasteiger partial charge in [-0.15, -0.1) is 6.01 Å². The Morgan fingerprint density at radius 2 is 2.05 bits per heavy atom. The molecule has 0 aliphatic heterocycles. The number of aryl methyl sites for hydroxylation is 2. The molecule has 0 aliphatic carbocycles. The number of hydrogen-bond acceptors (Lipinski definition) is 2. The van der Waals surface area contributed by atoms with E-state index in [-0.39, 0.29) is 0 Å². The Morgan fingerprint density at radius 3 is 2.53 bits per heavy atom. The maximum Gasteiger partial charge on any atom is 0.256 e. The third kappa shape index (κ3) is 7.17. The topological polar surface area (TPSA) is 67.3 Å². The first-order chi connectivity index (χ1) is 9.21. The molecule has 19 heavy (non-hydrogen) atoms. The summed E-state index contributed by atoms with van der Waals surface area (Å²) in [6, 6.07) is 1.28. The van der Waals surface area contributed by atoms with E-state index in [0.29, 0.717) is 0 Å². The van der Waals surface area contributed by atoms with Crippen molar-refractivity contribution in [3.63, 3.8) is 0 Å². The van der Waals surface area contributed by atoms with Gasteiger partial charge in [-0.2, -0.15) is 5.26 Å². The molecule has 0 radical (unpaired) electrons. The summed E-state index contributed by atoms with van der Waals surface area (Å²) in [6.45, 7) is 5.67. The smallest absolute Gasteiger partial charge is 0.256 e. The molecule has 1 heterocycles. The average Bonchev–Trinajstić information content (AvgIpc) is 2.76. The summed E-state index contributed by atoms with van der Waals surface area (Å²) in [5.74, 6) is 1.47. The first-order valence-corrected chi connectivity index (χ1v) is 6.72. The van der Waals surface area contributed by atoms with Crippen LogP contribution in [-0.4, -0.2) is 10.6 Å². The summed E-state index contributed by atoms with van der Waals surface area (Å²) in [5, 5.41) is 14.9. The maximum absolute atomic E-state index is 7.43. The summed E-state index contributed by atoms with van der Waals surface area (Å²) in [7, 11) is 2.15. The van der Waals surface area contributed by atoms with Gasteiger partial charge in [0.15, 0.2) is 0 Å². The molecule has 0 saturated carbocycles. The Labute approximate surface area is 115 Å². The summed E-state index contributed by atoms with van der Waals surface area (Å²) < 4.78 is 4.66. The molecular weight excluding hydrogens is 238 g/mol. The minimum absolute atomic E-state index is 1.18. The number of unbranched alkanes of at least 4 members (excludes halogenated alkanes) is 2. The molecule has 0 amide bonds. The highest BCUT2D eigenvalue weighted by Gasteiger charge is 2.12. The minimum Gasteiger partial charge on any atom is -0.422 e. The Bertz CT molecular complexity index is 435. The third-order valence-corrected chi connectivity index (χ3v) is 2.82. The van der Waals surface area contributed by atoms with Gasteiger partial charge in [-0.3, -0.25) is 0 Å². The van der Waals surface area contributed by atoms with Crippen LogP contribution >= 0.6 is 0 Å². The van der Waals surface area contributed by atoms with Crippen LogP contribution in [0.1, 0.15) is 45.4 Å². The monoisotopic (exact) mass is 261 g/mol. The van der Waals surface area contributed by atoms with Crippen LogP contribution in [0.5, 0.6) is 0 Å². The first kappa shape index (κ1) is 17.1. The van der Waals surface area contributed by atoms with E-state index in [0.717, 1.165) is 0 Å². The van der Waals surface area contributed by atoms with Crippen molar-refractivity contribution in [3.05, 3.63) is 23.6 Å². The Kier molecular flexibility index (Phi) is 10.1. The largest absolute Gasteiger partial charge is 0.422 e. The second kappa shape index (κ2) is 11.2. The van der Waals surface area contributed by atoms with E-state index in [1.807, 2.05) is 0 Å². The van der Waals surface area contributed by atoms with Crippen molar-refractivity contribution in [1.82, 2.24) is 4.57 Å². The number of rotatable bonds is 6. The van der Waals surface area contributed by atoms with E-state index < -0.39 is 0 Å². The van der Waals surface area contributed by atoms with E-state index in [1.165, 1.54) is 56.7 Å².